The molecule has 1 unspecified atom stereocenters. The molecular weight excluding hydrogens is 342 g/mol. The first-order valence-electron chi connectivity index (χ1n) is 9.87. The van der Waals surface area contributed by atoms with E-state index in [1.165, 1.54) is 0 Å². The number of piperidine rings is 1. The van der Waals surface area contributed by atoms with Crippen LogP contribution in [0.3, 0.4) is 0 Å². The number of rotatable bonds is 4. The van der Waals surface area contributed by atoms with Crippen molar-refractivity contribution in [1.29, 1.82) is 0 Å². The van der Waals surface area contributed by atoms with Crippen molar-refractivity contribution in [1.82, 2.24) is 15.2 Å². The molecule has 2 aliphatic heterocycles. The van der Waals surface area contributed by atoms with Crippen molar-refractivity contribution in [2.75, 3.05) is 26.2 Å². The zero-order valence-corrected chi connectivity index (χ0v) is 15.8. The molecule has 0 bridgehead atoms. The van der Waals surface area contributed by atoms with Crippen molar-refractivity contribution in [2.45, 2.75) is 44.8 Å². The fourth-order valence-electron chi connectivity index (χ4n) is 4.17. The third-order valence-electron chi connectivity index (χ3n) is 5.78. The summed E-state index contributed by atoms with van der Waals surface area (Å²) < 4.78 is 5.71. The van der Waals surface area contributed by atoms with E-state index in [-0.39, 0.29) is 22.9 Å². The predicted molar refractivity (Wildman–Crippen MR) is 105 cm³/mol. The van der Waals surface area contributed by atoms with Crippen LogP contribution in [0.5, 0.6) is 0 Å². The highest BCUT2D eigenvalue weighted by Gasteiger charge is 2.25. The number of nitrogens with one attached hydrogen (secondary N) is 2. The Balaban J connectivity index is 1.38. The smallest absolute Gasteiger partial charge is 0.256 e. The maximum atomic E-state index is 12.7. The Morgan fingerprint density at radius 3 is 2.85 bits per heavy atom. The van der Waals surface area contributed by atoms with E-state index in [4.69, 9.17) is 4.74 Å². The summed E-state index contributed by atoms with van der Waals surface area (Å²) in [5.41, 5.74) is 1.77. The zero-order chi connectivity index (χ0) is 18.8. The van der Waals surface area contributed by atoms with Gasteiger partial charge in [-0.3, -0.25) is 9.59 Å². The van der Waals surface area contributed by atoms with Crippen LogP contribution in [-0.2, 0) is 4.74 Å². The second-order valence-electron chi connectivity index (χ2n) is 7.71. The summed E-state index contributed by atoms with van der Waals surface area (Å²) in [6, 6.07) is 5.67. The molecule has 6 nitrogen and oxygen atoms in total. The summed E-state index contributed by atoms with van der Waals surface area (Å²) in [5.74, 6) is -0.280. The van der Waals surface area contributed by atoms with Crippen LogP contribution in [0.4, 0.5) is 0 Å². The maximum Gasteiger partial charge on any atom is 0.256 e. The molecule has 4 rings (SSSR count). The number of aromatic nitrogens is 1. The van der Waals surface area contributed by atoms with E-state index >= 15 is 0 Å². The summed E-state index contributed by atoms with van der Waals surface area (Å²) in [6.07, 6.45) is 6.04. The minimum absolute atomic E-state index is 0.117. The normalized spacial score (nSPS) is 21.6. The van der Waals surface area contributed by atoms with Gasteiger partial charge in [-0.25, -0.2) is 0 Å². The van der Waals surface area contributed by atoms with Gasteiger partial charge in [0.2, 0.25) is 5.43 Å². The molecule has 0 aliphatic carbocycles. The van der Waals surface area contributed by atoms with E-state index in [0.29, 0.717) is 11.5 Å². The van der Waals surface area contributed by atoms with Crippen molar-refractivity contribution in [2.24, 2.45) is 0 Å². The van der Waals surface area contributed by atoms with E-state index in [1.807, 2.05) is 19.1 Å². The number of aromatic amines is 1. The average molecular weight is 369 g/mol. The minimum Gasteiger partial charge on any atom is -0.377 e. The number of fused-ring (bicyclic) bond motifs is 1. The summed E-state index contributed by atoms with van der Waals surface area (Å²) in [7, 11) is 0. The van der Waals surface area contributed by atoms with Gasteiger partial charge in [-0.15, -0.1) is 0 Å². The lowest BCUT2D eigenvalue weighted by molar-refractivity contribution is 0.0612. The lowest BCUT2D eigenvalue weighted by atomic mass is 10.0. The SMILES string of the molecule is Cc1cccc2c(=O)c(C(=O)NC3CCN(CC4CCCO4)CC3)c[nH]c12. The molecule has 2 fully saturated rings. The van der Waals surface area contributed by atoms with Crippen molar-refractivity contribution in [3.63, 3.8) is 0 Å². The van der Waals surface area contributed by atoms with Crippen LogP contribution in [-0.4, -0.2) is 54.2 Å². The Morgan fingerprint density at radius 2 is 2.11 bits per heavy atom. The Hall–Kier alpha value is -2.18. The second-order valence-corrected chi connectivity index (χ2v) is 7.71. The number of likely N-dealkylation sites (tertiary alicyclic amines) is 1. The molecule has 144 valence electrons. The number of pyridine rings is 1. The van der Waals surface area contributed by atoms with Crippen LogP contribution in [0.2, 0.25) is 0 Å². The van der Waals surface area contributed by atoms with E-state index in [2.05, 4.69) is 15.2 Å². The van der Waals surface area contributed by atoms with Crippen molar-refractivity contribution in [3.05, 3.63) is 45.7 Å². The van der Waals surface area contributed by atoms with Gasteiger partial charge in [-0.2, -0.15) is 0 Å². The molecule has 2 aromatic rings. The fraction of sp³-hybridized carbons (Fsp3) is 0.524. The highest BCUT2D eigenvalue weighted by Crippen LogP contribution is 2.17. The number of hydrogen-bond acceptors (Lipinski definition) is 4. The summed E-state index contributed by atoms with van der Waals surface area (Å²) in [6.45, 7) is 5.74. The highest BCUT2D eigenvalue weighted by atomic mass is 16.5. The van der Waals surface area contributed by atoms with Crippen molar-refractivity contribution >= 4 is 16.8 Å². The average Bonchev–Trinajstić information content (AvgIpc) is 3.17. The predicted octanol–water partition coefficient (Wildman–Crippen LogP) is 2.21. The number of carbonyl (C=O) groups is 1. The van der Waals surface area contributed by atoms with Crippen LogP contribution in [0, 0.1) is 6.92 Å². The molecule has 1 atom stereocenters. The van der Waals surface area contributed by atoms with Crippen LogP contribution in [0.1, 0.15) is 41.6 Å². The Bertz CT molecular complexity index is 878. The number of para-hydroxylation sites is 1. The van der Waals surface area contributed by atoms with Gasteiger partial charge < -0.3 is 19.9 Å². The van der Waals surface area contributed by atoms with Crippen LogP contribution in [0.15, 0.2) is 29.2 Å². The number of benzene rings is 1. The third-order valence-corrected chi connectivity index (χ3v) is 5.78. The van der Waals surface area contributed by atoms with Crippen LogP contribution in [0.25, 0.3) is 10.9 Å². The molecule has 2 aliphatic rings. The monoisotopic (exact) mass is 369 g/mol. The number of nitrogens with zero attached hydrogens (tertiary/aromatic N) is 1. The summed E-state index contributed by atoms with van der Waals surface area (Å²) >= 11 is 0. The molecule has 1 amide bonds. The first-order chi connectivity index (χ1) is 13.1. The maximum absolute atomic E-state index is 12.7. The van der Waals surface area contributed by atoms with Gasteiger partial charge in [0.25, 0.3) is 5.91 Å². The van der Waals surface area contributed by atoms with Gasteiger partial charge in [0.15, 0.2) is 0 Å². The van der Waals surface area contributed by atoms with E-state index in [9.17, 15) is 9.59 Å². The topological polar surface area (TPSA) is 74.4 Å². The fourth-order valence-corrected chi connectivity index (χ4v) is 4.17. The molecule has 3 heterocycles. The van der Waals surface area contributed by atoms with Gasteiger partial charge in [0.05, 0.1) is 11.6 Å². The van der Waals surface area contributed by atoms with Gasteiger partial charge in [0.1, 0.15) is 5.56 Å². The molecule has 0 radical (unpaired) electrons. The Labute approximate surface area is 158 Å². The molecular formula is C21H27N3O3. The van der Waals surface area contributed by atoms with Crippen molar-refractivity contribution in [3.8, 4) is 0 Å². The molecule has 1 aromatic heterocycles. The number of hydrogen-bond donors (Lipinski definition) is 2. The zero-order valence-electron chi connectivity index (χ0n) is 15.8. The van der Waals surface area contributed by atoms with E-state index in [0.717, 1.165) is 63.0 Å². The highest BCUT2D eigenvalue weighted by molar-refractivity contribution is 5.97. The molecule has 0 spiro atoms. The quantitative estimate of drug-likeness (QED) is 0.867. The minimum atomic E-state index is -0.280. The number of aryl methyl sites for hydroxylation is 1. The van der Waals surface area contributed by atoms with Gasteiger partial charge in [-0.05, 0) is 44.2 Å². The molecule has 0 saturated carbocycles. The first kappa shape index (κ1) is 18.2. The molecule has 27 heavy (non-hydrogen) atoms. The van der Waals surface area contributed by atoms with Gasteiger partial charge in [-0.1, -0.05) is 12.1 Å². The largest absolute Gasteiger partial charge is 0.377 e. The number of carbonyl (C=O) groups excluding carboxylic acids is 1. The summed E-state index contributed by atoms with van der Waals surface area (Å²) in [4.78, 5) is 30.9. The Kier molecular flexibility index (Phi) is 5.27. The standard InChI is InChI=1S/C21H27N3O3/c1-14-4-2-6-17-19(14)22-12-18(20(17)25)21(26)23-15-7-9-24(10-8-15)13-16-5-3-11-27-16/h2,4,6,12,15-16H,3,5,7-11,13H2,1H3,(H,22,25)(H,23,26). The van der Waals surface area contributed by atoms with Crippen LogP contribution >= 0.6 is 0 Å². The lowest BCUT2D eigenvalue weighted by Crippen LogP contribution is -2.47. The lowest BCUT2D eigenvalue weighted by Gasteiger charge is -2.33. The molecule has 2 saturated heterocycles. The number of amides is 1. The second kappa shape index (κ2) is 7.82. The number of ether oxygens (including phenoxy) is 1. The van der Waals surface area contributed by atoms with E-state index < -0.39 is 0 Å². The first-order valence-corrected chi connectivity index (χ1v) is 9.87. The third kappa shape index (κ3) is 3.92. The van der Waals surface area contributed by atoms with Crippen molar-refractivity contribution < 1.29 is 9.53 Å². The van der Waals surface area contributed by atoms with E-state index in [1.54, 1.807) is 12.3 Å². The van der Waals surface area contributed by atoms with Gasteiger partial charge >= 0.3 is 0 Å². The Morgan fingerprint density at radius 1 is 1.30 bits per heavy atom. The summed E-state index contributed by atoms with van der Waals surface area (Å²) in [5, 5.41) is 3.62. The van der Waals surface area contributed by atoms with Gasteiger partial charge in [0, 0.05) is 43.9 Å². The number of H-pyrrole nitrogens is 1. The molecule has 1 aromatic carbocycles. The molecule has 6 heteroatoms. The molecule has 2 N–H and O–H groups in total. The van der Waals surface area contributed by atoms with Crippen LogP contribution < -0.4 is 10.7 Å².